The van der Waals surface area contributed by atoms with Gasteiger partial charge in [0.15, 0.2) is 0 Å². The van der Waals surface area contributed by atoms with Gasteiger partial charge in [-0.1, -0.05) is 65.2 Å². The maximum absolute atomic E-state index is 12.4. The zero-order valence-corrected chi connectivity index (χ0v) is 14.4. The summed E-state index contributed by atoms with van der Waals surface area (Å²) in [5.74, 6) is -0.863. The molecule has 0 radical (unpaired) electrons. The van der Waals surface area contributed by atoms with E-state index < -0.39 is 12.0 Å². The lowest BCUT2D eigenvalue weighted by Gasteiger charge is -2.24. The number of likely N-dealkylation sites (tertiary alicyclic amines) is 1. The molecule has 22 heavy (non-hydrogen) atoms. The molecule has 0 spiro atoms. The van der Waals surface area contributed by atoms with Crippen molar-refractivity contribution in [3.63, 3.8) is 0 Å². The summed E-state index contributed by atoms with van der Waals surface area (Å²) in [6.45, 7) is 4.78. The quantitative estimate of drug-likeness (QED) is 0.581. The second-order valence-electron chi connectivity index (χ2n) is 6.69. The SMILES string of the molecule is CCCCCCCCCCC(C)C(=O)N1CCCC1C(=O)O. The van der Waals surface area contributed by atoms with Crippen LogP contribution in [-0.4, -0.2) is 34.5 Å². The normalized spacial score (nSPS) is 19.4. The molecule has 1 fully saturated rings. The second-order valence-corrected chi connectivity index (χ2v) is 6.69. The number of rotatable bonds is 11. The molecule has 1 aliphatic heterocycles. The van der Waals surface area contributed by atoms with Crippen LogP contribution in [0.1, 0.15) is 84.5 Å². The van der Waals surface area contributed by atoms with E-state index in [0.29, 0.717) is 13.0 Å². The number of aliphatic carboxylic acids is 1. The first-order chi connectivity index (χ1) is 10.6. The molecule has 1 saturated heterocycles. The molecule has 0 aromatic heterocycles. The lowest BCUT2D eigenvalue weighted by Crippen LogP contribution is -2.42. The summed E-state index contributed by atoms with van der Waals surface area (Å²) in [4.78, 5) is 25.1. The topological polar surface area (TPSA) is 57.6 Å². The Morgan fingerprint density at radius 1 is 1.09 bits per heavy atom. The van der Waals surface area contributed by atoms with Crippen molar-refractivity contribution in [1.29, 1.82) is 0 Å². The molecular weight excluding hydrogens is 278 g/mol. The third kappa shape index (κ3) is 6.37. The van der Waals surface area contributed by atoms with Gasteiger partial charge in [0, 0.05) is 12.5 Å². The van der Waals surface area contributed by atoms with Crippen molar-refractivity contribution >= 4 is 11.9 Å². The average molecular weight is 311 g/mol. The molecule has 0 saturated carbocycles. The summed E-state index contributed by atoms with van der Waals surface area (Å²) in [5, 5.41) is 9.16. The fraction of sp³-hybridized carbons (Fsp3) is 0.889. The number of hydrogen-bond donors (Lipinski definition) is 1. The molecule has 4 heteroatoms. The Kier molecular flexibility index (Phi) is 9.17. The van der Waals surface area contributed by atoms with E-state index in [-0.39, 0.29) is 11.8 Å². The smallest absolute Gasteiger partial charge is 0.326 e. The van der Waals surface area contributed by atoms with E-state index in [2.05, 4.69) is 6.92 Å². The monoisotopic (exact) mass is 311 g/mol. The molecule has 1 aliphatic rings. The number of hydrogen-bond acceptors (Lipinski definition) is 2. The Morgan fingerprint density at radius 3 is 2.27 bits per heavy atom. The largest absolute Gasteiger partial charge is 0.480 e. The first-order valence-corrected chi connectivity index (χ1v) is 9.11. The van der Waals surface area contributed by atoms with Crippen LogP contribution in [0.5, 0.6) is 0 Å². The van der Waals surface area contributed by atoms with Crippen molar-refractivity contribution in [2.24, 2.45) is 5.92 Å². The highest BCUT2D eigenvalue weighted by atomic mass is 16.4. The van der Waals surface area contributed by atoms with Crippen LogP contribution in [0.25, 0.3) is 0 Å². The predicted molar refractivity (Wildman–Crippen MR) is 88.8 cm³/mol. The minimum Gasteiger partial charge on any atom is -0.480 e. The van der Waals surface area contributed by atoms with Gasteiger partial charge in [0.1, 0.15) is 6.04 Å². The second kappa shape index (κ2) is 10.6. The van der Waals surface area contributed by atoms with Crippen LogP contribution >= 0.6 is 0 Å². The number of carbonyl (C=O) groups excluding carboxylic acids is 1. The van der Waals surface area contributed by atoms with Crippen molar-refractivity contribution < 1.29 is 14.7 Å². The molecule has 1 heterocycles. The number of carbonyl (C=O) groups is 2. The third-order valence-corrected chi connectivity index (χ3v) is 4.73. The molecule has 0 aromatic rings. The maximum Gasteiger partial charge on any atom is 0.326 e. The minimum absolute atomic E-state index is 0.0350. The molecule has 2 unspecified atom stereocenters. The molecular formula is C18H33NO3. The van der Waals surface area contributed by atoms with Gasteiger partial charge in [0.05, 0.1) is 0 Å². The van der Waals surface area contributed by atoms with E-state index in [1.54, 1.807) is 4.90 Å². The van der Waals surface area contributed by atoms with E-state index in [4.69, 9.17) is 5.11 Å². The standard InChI is InChI=1S/C18H33NO3/c1-3-4-5-6-7-8-9-10-12-15(2)17(20)19-14-11-13-16(19)18(21)22/h15-16H,3-14H2,1-2H3,(H,21,22). The van der Waals surface area contributed by atoms with E-state index in [0.717, 1.165) is 19.3 Å². The van der Waals surface area contributed by atoms with Gasteiger partial charge in [0.25, 0.3) is 0 Å². The molecule has 0 bridgehead atoms. The first-order valence-electron chi connectivity index (χ1n) is 9.11. The maximum atomic E-state index is 12.4. The summed E-state index contributed by atoms with van der Waals surface area (Å²) in [7, 11) is 0. The number of carboxylic acid groups (broad SMARTS) is 1. The number of amides is 1. The molecule has 2 atom stereocenters. The van der Waals surface area contributed by atoms with Crippen molar-refractivity contribution in [2.75, 3.05) is 6.54 Å². The Balaban J connectivity index is 2.15. The highest BCUT2D eigenvalue weighted by Crippen LogP contribution is 2.22. The zero-order valence-electron chi connectivity index (χ0n) is 14.4. The number of carboxylic acids is 1. The van der Waals surface area contributed by atoms with Crippen LogP contribution < -0.4 is 0 Å². The number of nitrogens with zero attached hydrogens (tertiary/aromatic N) is 1. The minimum atomic E-state index is -0.856. The first kappa shape index (κ1) is 19.0. The van der Waals surface area contributed by atoms with Gasteiger partial charge in [-0.15, -0.1) is 0 Å². The van der Waals surface area contributed by atoms with Crippen molar-refractivity contribution in [1.82, 2.24) is 4.90 Å². The van der Waals surface area contributed by atoms with Crippen LogP contribution in [0.2, 0.25) is 0 Å². The lowest BCUT2D eigenvalue weighted by atomic mass is 10.00. The molecule has 1 rings (SSSR count). The summed E-state index contributed by atoms with van der Waals surface area (Å²) in [6, 6.07) is -0.589. The fourth-order valence-electron chi connectivity index (χ4n) is 3.28. The molecule has 1 N–H and O–H groups in total. The Bertz CT molecular complexity index is 343. The molecule has 0 aliphatic carbocycles. The Hall–Kier alpha value is -1.06. The third-order valence-electron chi connectivity index (χ3n) is 4.73. The van der Waals surface area contributed by atoms with Crippen molar-refractivity contribution in [3.8, 4) is 0 Å². The van der Waals surface area contributed by atoms with Gasteiger partial charge >= 0.3 is 5.97 Å². The zero-order chi connectivity index (χ0) is 16.4. The lowest BCUT2D eigenvalue weighted by molar-refractivity contribution is -0.149. The molecule has 4 nitrogen and oxygen atoms in total. The van der Waals surface area contributed by atoms with E-state index >= 15 is 0 Å². The molecule has 128 valence electrons. The Labute approximate surface area is 135 Å². The van der Waals surface area contributed by atoms with Crippen LogP contribution in [0, 0.1) is 5.92 Å². The molecule has 1 amide bonds. The van der Waals surface area contributed by atoms with Crippen LogP contribution in [0.3, 0.4) is 0 Å². The van der Waals surface area contributed by atoms with Crippen molar-refractivity contribution in [2.45, 2.75) is 90.5 Å². The highest BCUT2D eigenvalue weighted by Gasteiger charge is 2.35. The van der Waals surface area contributed by atoms with E-state index in [1.165, 1.54) is 44.9 Å². The summed E-state index contributed by atoms with van der Waals surface area (Å²) in [6.07, 6.45) is 12.4. The fourth-order valence-corrected chi connectivity index (χ4v) is 3.28. The van der Waals surface area contributed by atoms with Crippen molar-refractivity contribution in [3.05, 3.63) is 0 Å². The molecule has 0 aromatic carbocycles. The highest BCUT2D eigenvalue weighted by molar-refractivity contribution is 5.85. The predicted octanol–water partition coefficient (Wildman–Crippen LogP) is 4.23. The van der Waals surface area contributed by atoms with Gasteiger partial charge in [0.2, 0.25) is 5.91 Å². The van der Waals surface area contributed by atoms with Crippen LogP contribution in [0.4, 0.5) is 0 Å². The summed E-state index contributed by atoms with van der Waals surface area (Å²) < 4.78 is 0. The number of unbranched alkanes of at least 4 members (excludes halogenated alkanes) is 7. The van der Waals surface area contributed by atoms with Gasteiger partial charge in [-0.05, 0) is 19.3 Å². The van der Waals surface area contributed by atoms with Gasteiger partial charge in [-0.2, -0.15) is 0 Å². The average Bonchev–Trinajstić information content (AvgIpc) is 2.98. The summed E-state index contributed by atoms with van der Waals surface area (Å²) in [5.41, 5.74) is 0. The van der Waals surface area contributed by atoms with Gasteiger partial charge < -0.3 is 10.0 Å². The van der Waals surface area contributed by atoms with E-state index in [1.807, 2.05) is 6.92 Å². The van der Waals surface area contributed by atoms with Crippen LogP contribution in [-0.2, 0) is 9.59 Å². The van der Waals surface area contributed by atoms with Gasteiger partial charge in [-0.3, -0.25) is 4.79 Å². The van der Waals surface area contributed by atoms with Gasteiger partial charge in [-0.25, -0.2) is 4.79 Å². The van der Waals surface area contributed by atoms with E-state index in [9.17, 15) is 9.59 Å². The Morgan fingerprint density at radius 2 is 1.68 bits per heavy atom. The van der Waals surface area contributed by atoms with Crippen LogP contribution in [0.15, 0.2) is 0 Å². The summed E-state index contributed by atoms with van der Waals surface area (Å²) >= 11 is 0.